The summed E-state index contributed by atoms with van der Waals surface area (Å²) in [7, 11) is 0. The molecule has 1 amide bonds. The molecule has 92 valence electrons. The molecule has 5 heteroatoms. The maximum atomic E-state index is 11.9. The van der Waals surface area contributed by atoms with Crippen LogP contribution in [-0.2, 0) is 0 Å². The topological polar surface area (TPSA) is 54.0 Å². The standard InChI is InChI=1S/C12H16ClN3O/c13-11-10(2-1-5-15-11)12(17)16-8-9-3-6-14-7-4-9/h1-2,5,9,14H,3-4,6-8H2,(H,16,17). The van der Waals surface area contributed by atoms with Gasteiger partial charge in [-0.3, -0.25) is 4.79 Å². The number of carbonyl (C=O) groups excluding carboxylic acids is 1. The summed E-state index contributed by atoms with van der Waals surface area (Å²) in [6.07, 6.45) is 3.80. The molecule has 2 rings (SSSR count). The minimum Gasteiger partial charge on any atom is -0.352 e. The van der Waals surface area contributed by atoms with Gasteiger partial charge in [-0.15, -0.1) is 0 Å². The van der Waals surface area contributed by atoms with E-state index in [0.717, 1.165) is 25.9 Å². The highest BCUT2D eigenvalue weighted by molar-refractivity contribution is 6.32. The molecule has 0 bridgehead atoms. The Balaban J connectivity index is 1.87. The third-order valence-electron chi connectivity index (χ3n) is 3.01. The Morgan fingerprint density at radius 2 is 2.29 bits per heavy atom. The van der Waals surface area contributed by atoms with Gasteiger partial charge in [-0.25, -0.2) is 4.98 Å². The van der Waals surface area contributed by atoms with Crippen LogP contribution >= 0.6 is 11.6 Å². The van der Waals surface area contributed by atoms with E-state index in [1.54, 1.807) is 18.3 Å². The van der Waals surface area contributed by atoms with Gasteiger partial charge in [0.05, 0.1) is 5.56 Å². The minimum absolute atomic E-state index is 0.137. The zero-order chi connectivity index (χ0) is 12.1. The maximum Gasteiger partial charge on any atom is 0.254 e. The maximum absolute atomic E-state index is 11.9. The average Bonchev–Trinajstić information content (AvgIpc) is 2.38. The van der Waals surface area contributed by atoms with Crippen molar-refractivity contribution in [3.63, 3.8) is 0 Å². The van der Waals surface area contributed by atoms with Crippen molar-refractivity contribution >= 4 is 17.5 Å². The number of nitrogens with zero attached hydrogens (tertiary/aromatic N) is 1. The third-order valence-corrected chi connectivity index (χ3v) is 3.31. The summed E-state index contributed by atoms with van der Waals surface area (Å²) in [6, 6.07) is 3.40. The van der Waals surface area contributed by atoms with Crippen molar-refractivity contribution < 1.29 is 4.79 Å². The van der Waals surface area contributed by atoms with Gasteiger partial charge in [0.15, 0.2) is 0 Å². The lowest BCUT2D eigenvalue weighted by Gasteiger charge is -2.22. The van der Waals surface area contributed by atoms with Crippen LogP contribution in [0.4, 0.5) is 0 Å². The predicted molar refractivity (Wildman–Crippen MR) is 67.2 cm³/mol. The van der Waals surface area contributed by atoms with Crippen LogP contribution in [0.25, 0.3) is 0 Å². The number of piperidine rings is 1. The van der Waals surface area contributed by atoms with Gasteiger partial charge >= 0.3 is 0 Å². The SMILES string of the molecule is O=C(NCC1CCNCC1)c1cccnc1Cl. The zero-order valence-corrected chi connectivity index (χ0v) is 10.3. The van der Waals surface area contributed by atoms with Crippen LogP contribution in [0.1, 0.15) is 23.2 Å². The highest BCUT2D eigenvalue weighted by atomic mass is 35.5. The van der Waals surface area contributed by atoms with Crippen molar-refractivity contribution in [3.8, 4) is 0 Å². The van der Waals surface area contributed by atoms with Crippen molar-refractivity contribution in [1.82, 2.24) is 15.6 Å². The summed E-state index contributed by atoms with van der Waals surface area (Å²) in [5.41, 5.74) is 0.447. The van der Waals surface area contributed by atoms with Crippen molar-refractivity contribution in [2.24, 2.45) is 5.92 Å². The quantitative estimate of drug-likeness (QED) is 0.802. The number of nitrogens with one attached hydrogen (secondary N) is 2. The van der Waals surface area contributed by atoms with E-state index in [9.17, 15) is 4.79 Å². The second kappa shape index (κ2) is 5.98. The fourth-order valence-corrected chi connectivity index (χ4v) is 2.18. The van der Waals surface area contributed by atoms with Gasteiger partial charge in [-0.2, -0.15) is 0 Å². The van der Waals surface area contributed by atoms with Crippen LogP contribution in [0.5, 0.6) is 0 Å². The van der Waals surface area contributed by atoms with E-state index >= 15 is 0 Å². The molecule has 1 aromatic heterocycles. The van der Waals surface area contributed by atoms with E-state index in [1.807, 2.05) is 0 Å². The normalized spacial score (nSPS) is 16.8. The number of rotatable bonds is 3. The second-order valence-electron chi connectivity index (χ2n) is 4.25. The molecular weight excluding hydrogens is 238 g/mol. The Bertz CT molecular complexity index is 391. The second-order valence-corrected chi connectivity index (χ2v) is 4.60. The van der Waals surface area contributed by atoms with E-state index in [1.165, 1.54) is 0 Å². The molecule has 0 saturated carbocycles. The van der Waals surface area contributed by atoms with E-state index in [2.05, 4.69) is 15.6 Å². The van der Waals surface area contributed by atoms with Crippen LogP contribution in [0, 0.1) is 5.92 Å². The molecule has 2 N–H and O–H groups in total. The van der Waals surface area contributed by atoms with Crippen molar-refractivity contribution in [1.29, 1.82) is 0 Å². The van der Waals surface area contributed by atoms with E-state index < -0.39 is 0 Å². The minimum atomic E-state index is -0.137. The van der Waals surface area contributed by atoms with Crippen LogP contribution in [-0.4, -0.2) is 30.5 Å². The fourth-order valence-electron chi connectivity index (χ4n) is 1.97. The highest BCUT2D eigenvalue weighted by Crippen LogP contribution is 2.13. The summed E-state index contributed by atoms with van der Waals surface area (Å²) < 4.78 is 0. The Morgan fingerprint density at radius 1 is 1.53 bits per heavy atom. The van der Waals surface area contributed by atoms with Gasteiger partial charge in [0.2, 0.25) is 0 Å². The Kier molecular flexibility index (Phi) is 4.34. The summed E-state index contributed by atoms with van der Waals surface area (Å²) in [5.74, 6) is 0.428. The first kappa shape index (κ1) is 12.3. The molecule has 1 aliphatic rings. The average molecular weight is 254 g/mol. The molecule has 1 saturated heterocycles. The molecule has 2 heterocycles. The lowest BCUT2D eigenvalue weighted by atomic mass is 9.98. The van der Waals surface area contributed by atoms with Crippen LogP contribution < -0.4 is 10.6 Å². The monoisotopic (exact) mass is 253 g/mol. The largest absolute Gasteiger partial charge is 0.352 e. The van der Waals surface area contributed by atoms with Gasteiger partial charge in [-0.05, 0) is 44.0 Å². The van der Waals surface area contributed by atoms with Gasteiger partial charge in [0.25, 0.3) is 5.91 Å². The van der Waals surface area contributed by atoms with E-state index in [4.69, 9.17) is 11.6 Å². The molecule has 0 radical (unpaired) electrons. The molecule has 0 aliphatic carbocycles. The van der Waals surface area contributed by atoms with Crippen LogP contribution in [0.2, 0.25) is 5.15 Å². The summed E-state index contributed by atoms with van der Waals surface area (Å²) in [4.78, 5) is 15.7. The first-order valence-electron chi connectivity index (χ1n) is 5.87. The summed E-state index contributed by atoms with van der Waals surface area (Å²) in [6.45, 7) is 2.79. The van der Waals surface area contributed by atoms with Crippen LogP contribution in [0.15, 0.2) is 18.3 Å². The molecule has 4 nitrogen and oxygen atoms in total. The highest BCUT2D eigenvalue weighted by Gasteiger charge is 2.15. The Morgan fingerprint density at radius 3 is 3.00 bits per heavy atom. The number of aromatic nitrogens is 1. The predicted octanol–water partition coefficient (Wildman–Crippen LogP) is 1.46. The van der Waals surface area contributed by atoms with Gasteiger partial charge < -0.3 is 10.6 Å². The number of pyridine rings is 1. The summed E-state index contributed by atoms with van der Waals surface area (Å²) in [5, 5.41) is 6.48. The fraction of sp³-hybridized carbons (Fsp3) is 0.500. The molecule has 0 aromatic carbocycles. The van der Waals surface area contributed by atoms with Crippen molar-refractivity contribution in [2.75, 3.05) is 19.6 Å². The Labute approximate surface area is 106 Å². The molecule has 0 spiro atoms. The van der Waals surface area contributed by atoms with Crippen molar-refractivity contribution in [3.05, 3.63) is 29.0 Å². The first-order chi connectivity index (χ1) is 8.27. The van der Waals surface area contributed by atoms with E-state index in [0.29, 0.717) is 18.0 Å². The smallest absolute Gasteiger partial charge is 0.254 e. The first-order valence-corrected chi connectivity index (χ1v) is 6.24. The number of amides is 1. The van der Waals surface area contributed by atoms with Crippen LogP contribution in [0.3, 0.4) is 0 Å². The van der Waals surface area contributed by atoms with E-state index in [-0.39, 0.29) is 11.1 Å². The summed E-state index contributed by atoms with van der Waals surface area (Å²) >= 11 is 5.86. The van der Waals surface area contributed by atoms with Crippen molar-refractivity contribution in [2.45, 2.75) is 12.8 Å². The number of hydrogen-bond acceptors (Lipinski definition) is 3. The third kappa shape index (κ3) is 3.41. The lowest BCUT2D eigenvalue weighted by Crippen LogP contribution is -2.36. The lowest BCUT2D eigenvalue weighted by molar-refractivity contribution is 0.0944. The zero-order valence-electron chi connectivity index (χ0n) is 9.58. The number of halogens is 1. The molecule has 0 atom stereocenters. The molecule has 1 aromatic rings. The van der Waals surface area contributed by atoms with Gasteiger partial charge in [0.1, 0.15) is 5.15 Å². The number of carbonyl (C=O) groups is 1. The molecular formula is C12H16ClN3O. The molecule has 1 fully saturated rings. The Hall–Kier alpha value is -1.13. The van der Waals surface area contributed by atoms with Gasteiger partial charge in [0, 0.05) is 12.7 Å². The molecule has 0 unspecified atom stereocenters. The molecule has 1 aliphatic heterocycles. The molecule has 17 heavy (non-hydrogen) atoms. The van der Waals surface area contributed by atoms with Gasteiger partial charge in [-0.1, -0.05) is 11.6 Å². The number of hydrogen-bond donors (Lipinski definition) is 2.